The second-order valence-electron chi connectivity index (χ2n) is 17.6. The molecule has 1 rings (SSSR count). The van der Waals surface area contributed by atoms with Crippen LogP contribution in [0.4, 0.5) is 0 Å². The average Bonchev–Trinajstić information content (AvgIpc) is 3.25. The third kappa shape index (κ3) is 32.2. The van der Waals surface area contributed by atoms with Gasteiger partial charge in [0, 0.05) is 12.8 Å². The van der Waals surface area contributed by atoms with Crippen LogP contribution < -0.4 is 0 Å². The maximum atomic E-state index is 12.8. The maximum Gasteiger partial charge on any atom is 0.306 e. The largest absolute Gasteiger partial charge is 0.462 e. The molecule has 0 radical (unpaired) electrons. The van der Waals surface area contributed by atoms with Crippen LogP contribution in [0.5, 0.6) is 0 Å². The predicted molar refractivity (Wildman–Crippen MR) is 243 cm³/mol. The maximum absolute atomic E-state index is 12.8. The quantitative estimate of drug-likeness (QED) is 0.0265. The molecule has 0 aromatic carbocycles. The molecule has 1 aliphatic heterocycles. The van der Waals surface area contributed by atoms with Gasteiger partial charge in [0.2, 0.25) is 0 Å². The third-order valence-corrected chi connectivity index (χ3v) is 11.9. The number of ether oxygens (including phenoxy) is 4. The first-order valence-electron chi connectivity index (χ1n) is 25.3. The number of allylic oxidation sites excluding steroid dienone is 2. The highest BCUT2D eigenvalue weighted by molar-refractivity contribution is 5.70. The summed E-state index contributed by atoms with van der Waals surface area (Å²) in [5, 5.41) is 40.1. The lowest BCUT2D eigenvalue weighted by Gasteiger charge is -2.39. The van der Waals surface area contributed by atoms with Gasteiger partial charge in [-0.05, 0) is 38.5 Å². The van der Waals surface area contributed by atoms with Gasteiger partial charge in [-0.15, -0.1) is 0 Å². The van der Waals surface area contributed by atoms with Gasteiger partial charge < -0.3 is 39.4 Å². The zero-order chi connectivity index (χ0) is 43.7. The third-order valence-electron chi connectivity index (χ3n) is 11.9. The Hall–Kier alpha value is -1.56. The molecule has 1 aliphatic rings. The lowest BCUT2D eigenvalue weighted by atomic mass is 9.99. The fourth-order valence-corrected chi connectivity index (χ4v) is 7.89. The van der Waals surface area contributed by atoms with Crippen LogP contribution in [0.1, 0.15) is 239 Å². The summed E-state index contributed by atoms with van der Waals surface area (Å²) in [7, 11) is 0. The summed E-state index contributed by atoms with van der Waals surface area (Å²) >= 11 is 0. The van der Waals surface area contributed by atoms with Crippen molar-refractivity contribution in [3.8, 4) is 0 Å². The van der Waals surface area contributed by atoms with E-state index in [2.05, 4.69) is 26.0 Å². The van der Waals surface area contributed by atoms with Crippen molar-refractivity contribution in [2.45, 2.75) is 275 Å². The van der Waals surface area contributed by atoms with E-state index in [9.17, 15) is 30.0 Å². The van der Waals surface area contributed by atoms with Gasteiger partial charge in [0.05, 0.1) is 13.2 Å². The Labute approximate surface area is 367 Å². The van der Waals surface area contributed by atoms with Crippen molar-refractivity contribution in [1.82, 2.24) is 0 Å². The van der Waals surface area contributed by atoms with Crippen molar-refractivity contribution < 1.29 is 49.0 Å². The molecule has 354 valence electrons. The molecule has 0 aromatic rings. The summed E-state index contributed by atoms with van der Waals surface area (Å²) < 4.78 is 22.2. The van der Waals surface area contributed by atoms with Crippen LogP contribution in [0.2, 0.25) is 0 Å². The van der Waals surface area contributed by atoms with Crippen LogP contribution in [0.25, 0.3) is 0 Å². The normalized spacial score (nSPS) is 19.9. The summed E-state index contributed by atoms with van der Waals surface area (Å²) in [5.74, 6) is -0.818. The topological polar surface area (TPSA) is 152 Å². The van der Waals surface area contributed by atoms with Gasteiger partial charge in [0.1, 0.15) is 31.0 Å². The van der Waals surface area contributed by atoms with E-state index >= 15 is 0 Å². The number of aliphatic hydroxyl groups is 4. The molecule has 10 heteroatoms. The van der Waals surface area contributed by atoms with Gasteiger partial charge in [-0.2, -0.15) is 0 Å². The highest BCUT2D eigenvalue weighted by atomic mass is 16.7. The first-order chi connectivity index (χ1) is 29.3. The van der Waals surface area contributed by atoms with Gasteiger partial charge in [-0.3, -0.25) is 9.59 Å². The Morgan fingerprint density at radius 2 is 0.883 bits per heavy atom. The summed E-state index contributed by atoms with van der Waals surface area (Å²) in [5.41, 5.74) is 0. The summed E-state index contributed by atoms with van der Waals surface area (Å²) in [4.78, 5) is 25.4. The van der Waals surface area contributed by atoms with E-state index in [0.29, 0.717) is 6.42 Å². The fourth-order valence-electron chi connectivity index (χ4n) is 7.89. The molecule has 1 heterocycles. The Balaban J connectivity index is 2.25. The Bertz CT molecular complexity index is 990. The molecule has 2 unspecified atom stereocenters. The standard InChI is InChI=1S/C50H94O10/c1-3-5-7-9-11-13-15-17-19-20-21-22-23-25-26-28-30-32-34-36-38-45(52)57-41-43(42-58-50-49(56)48(55)47(54)44(40-51)60-50)59-46(53)39-37-35-33-31-29-27-24-18-16-14-12-10-8-6-4-2/h29,31,43-44,47-51,54-56H,3-28,30,32-42H2,1-2H3/b31-29+/t43-,44-,47+,48?,49?,50-/m0/s1. The van der Waals surface area contributed by atoms with Gasteiger partial charge in [-0.25, -0.2) is 0 Å². The minimum Gasteiger partial charge on any atom is -0.462 e. The number of unbranched alkanes of at least 4 members (excludes halogenated alkanes) is 30. The average molecular weight is 855 g/mol. The minimum absolute atomic E-state index is 0.204. The predicted octanol–water partition coefficient (Wildman–Crippen LogP) is 11.5. The van der Waals surface area contributed by atoms with Crippen LogP contribution in [-0.4, -0.2) is 89.0 Å². The van der Waals surface area contributed by atoms with Crippen molar-refractivity contribution in [2.75, 3.05) is 19.8 Å². The molecule has 0 amide bonds. The lowest BCUT2D eigenvalue weighted by Crippen LogP contribution is -2.59. The first-order valence-corrected chi connectivity index (χ1v) is 25.3. The van der Waals surface area contributed by atoms with Crippen LogP contribution in [-0.2, 0) is 28.5 Å². The van der Waals surface area contributed by atoms with Crippen molar-refractivity contribution in [3.63, 3.8) is 0 Å². The van der Waals surface area contributed by atoms with Crippen LogP contribution in [0, 0.1) is 0 Å². The lowest BCUT2D eigenvalue weighted by molar-refractivity contribution is -0.305. The second kappa shape index (κ2) is 41.5. The highest BCUT2D eigenvalue weighted by Crippen LogP contribution is 2.23. The van der Waals surface area contributed by atoms with Crippen LogP contribution >= 0.6 is 0 Å². The summed E-state index contributed by atoms with van der Waals surface area (Å²) in [6.45, 7) is 3.44. The number of carbonyl (C=O) groups excluding carboxylic acids is 2. The van der Waals surface area contributed by atoms with Gasteiger partial charge in [0.15, 0.2) is 12.4 Å². The second-order valence-corrected chi connectivity index (χ2v) is 17.6. The van der Waals surface area contributed by atoms with Crippen molar-refractivity contribution in [3.05, 3.63) is 12.2 Å². The van der Waals surface area contributed by atoms with E-state index in [0.717, 1.165) is 38.5 Å². The zero-order valence-corrected chi connectivity index (χ0v) is 38.7. The molecule has 0 aromatic heterocycles. The molecule has 0 bridgehead atoms. The van der Waals surface area contributed by atoms with Crippen LogP contribution in [0.15, 0.2) is 12.2 Å². The molecular weight excluding hydrogens is 761 g/mol. The Morgan fingerprint density at radius 3 is 1.33 bits per heavy atom. The number of carbonyl (C=O) groups is 2. The number of aliphatic hydroxyl groups excluding tert-OH is 4. The number of hydrogen-bond acceptors (Lipinski definition) is 10. The van der Waals surface area contributed by atoms with E-state index in [1.165, 1.54) is 167 Å². The van der Waals surface area contributed by atoms with E-state index in [1.54, 1.807) is 0 Å². The molecule has 4 N–H and O–H groups in total. The molecule has 10 nitrogen and oxygen atoms in total. The van der Waals surface area contributed by atoms with Crippen molar-refractivity contribution in [2.24, 2.45) is 0 Å². The van der Waals surface area contributed by atoms with Crippen molar-refractivity contribution in [1.29, 1.82) is 0 Å². The van der Waals surface area contributed by atoms with Gasteiger partial charge >= 0.3 is 11.9 Å². The van der Waals surface area contributed by atoms with E-state index in [4.69, 9.17) is 18.9 Å². The minimum atomic E-state index is -1.59. The Kier molecular flexibility index (Phi) is 39.0. The summed E-state index contributed by atoms with van der Waals surface area (Å²) in [6.07, 6.45) is 38.0. The van der Waals surface area contributed by atoms with E-state index in [-0.39, 0.29) is 32.0 Å². The van der Waals surface area contributed by atoms with Gasteiger partial charge in [-0.1, -0.05) is 199 Å². The molecule has 60 heavy (non-hydrogen) atoms. The molecule has 1 saturated heterocycles. The SMILES string of the molecule is CCCCCCCCCCC/C=C/CCCCC(=O)O[C@@H](COC(=O)CCCCCCCCCCCCCCCCCCCCCC)CO[C@H]1O[C@@H](CO)[C@@H](O)C(O)C1O. The summed E-state index contributed by atoms with van der Waals surface area (Å²) in [6, 6.07) is 0. The zero-order valence-electron chi connectivity index (χ0n) is 38.7. The molecule has 6 atom stereocenters. The Morgan fingerprint density at radius 1 is 0.500 bits per heavy atom. The smallest absolute Gasteiger partial charge is 0.306 e. The molecule has 1 fully saturated rings. The van der Waals surface area contributed by atoms with E-state index in [1.807, 2.05) is 0 Å². The molecule has 0 aliphatic carbocycles. The first kappa shape index (κ1) is 56.5. The highest BCUT2D eigenvalue weighted by Gasteiger charge is 2.44. The number of hydrogen-bond donors (Lipinski definition) is 4. The fraction of sp³-hybridized carbons (Fsp3) is 0.920. The molecule has 0 saturated carbocycles. The monoisotopic (exact) mass is 855 g/mol. The van der Waals surface area contributed by atoms with Crippen molar-refractivity contribution >= 4 is 11.9 Å². The number of esters is 2. The molecular formula is C50H94O10. The van der Waals surface area contributed by atoms with Crippen LogP contribution in [0.3, 0.4) is 0 Å². The van der Waals surface area contributed by atoms with Gasteiger partial charge in [0.25, 0.3) is 0 Å². The van der Waals surface area contributed by atoms with E-state index < -0.39 is 49.4 Å². The number of rotatable bonds is 43. The molecule has 0 spiro atoms.